The van der Waals surface area contributed by atoms with Crippen LogP contribution in [0.2, 0.25) is 0 Å². The summed E-state index contributed by atoms with van der Waals surface area (Å²) in [4.78, 5) is 29.7. The third kappa shape index (κ3) is 5.84. The van der Waals surface area contributed by atoms with Crippen molar-refractivity contribution in [3.8, 4) is 0 Å². The number of nitrogens with zero attached hydrogens (tertiary/aromatic N) is 2. The predicted molar refractivity (Wildman–Crippen MR) is 121 cm³/mol. The molecule has 166 valence electrons. The van der Waals surface area contributed by atoms with E-state index in [9.17, 15) is 9.59 Å². The number of benzene rings is 1. The predicted octanol–water partition coefficient (Wildman–Crippen LogP) is 3.96. The van der Waals surface area contributed by atoms with Gasteiger partial charge in [0.15, 0.2) is 0 Å². The largest absolute Gasteiger partial charge is 0.352 e. The average Bonchev–Trinajstić information content (AvgIpc) is 2.73. The van der Waals surface area contributed by atoms with Crippen molar-refractivity contribution in [2.45, 2.75) is 78.9 Å². The summed E-state index contributed by atoms with van der Waals surface area (Å²) in [5.41, 5.74) is 2.17. The Morgan fingerprint density at radius 2 is 1.67 bits per heavy atom. The molecule has 2 aliphatic heterocycles. The van der Waals surface area contributed by atoms with E-state index in [1.165, 1.54) is 30.4 Å². The molecule has 2 heterocycles. The summed E-state index contributed by atoms with van der Waals surface area (Å²) in [7, 11) is 0. The molecular formula is C25H39N3O2. The zero-order chi connectivity index (χ0) is 21.7. The topological polar surface area (TPSA) is 52.7 Å². The van der Waals surface area contributed by atoms with Crippen molar-refractivity contribution in [2.75, 3.05) is 19.6 Å². The molecule has 1 aromatic carbocycles. The standard InChI is InChI=1S/C25H39N3O2/c1-19-9-7-8-14-28(19)18-22-11-6-5-10-21(22)17-26-23(29)20-12-15-27(16-13-20)24(30)25(2,3)4/h5-6,10-11,19-20H,7-9,12-18H2,1-4H3,(H,26,29). The molecule has 2 amide bonds. The lowest BCUT2D eigenvalue weighted by atomic mass is 9.90. The van der Waals surface area contributed by atoms with E-state index in [1.807, 2.05) is 25.7 Å². The first-order valence-corrected chi connectivity index (χ1v) is 11.6. The fourth-order valence-electron chi connectivity index (χ4n) is 4.64. The Kier molecular flexibility index (Phi) is 7.56. The number of nitrogens with one attached hydrogen (secondary N) is 1. The van der Waals surface area contributed by atoms with E-state index in [2.05, 4.69) is 41.4 Å². The van der Waals surface area contributed by atoms with E-state index in [4.69, 9.17) is 0 Å². The van der Waals surface area contributed by atoms with E-state index in [0.29, 0.717) is 25.7 Å². The Balaban J connectivity index is 1.51. The average molecular weight is 414 g/mol. The van der Waals surface area contributed by atoms with Crippen molar-refractivity contribution in [1.82, 2.24) is 15.1 Å². The maximum atomic E-state index is 12.8. The summed E-state index contributed by atoms with van der Waals surface area (Å²) in [6.45, 7) is 12.2. The molecule has 0 saturated carbocycles. The fraction of sp³-hybridized carbons (Fsp3) is 0.680. The van der Waals surface area contributed by atoms with Crippen LogP contribution in [-0.2, 0) is 22.7 Å². The monoisotopic (exact) mass is 413 g/mol. The first-order valence-electron chi connectivity index (χ1n) is 11.6. The van der Waals surface area contributed by atoms with Gasteiger partial charge >= 0.3 is 0 Å². The van der Waals surface area contributed by atoms with Gasteiger partial charge in [-0.15, -0.1) is 0 Å². The highest BCUT2D eigenvalue weighted by Gasteiger charge is 2.32. The molecule has 2 fully saturated rings. The summed E-state index contributed by atoms with van der Waals surface area (Å²) < 4.78 is 0. The molecule has 5 heteroatoms. The molecule has 1 atom stereocenters. The molecule has 3 rings (SSSR count). The lowest BCUT2D eigenvalue weighted by molar-refractivity contribution is -0.142. The second kappa shape index (κ2) is 9.95. The number of hydrogen-bond donors (Lipinski definition) is 1. The Bertz CT molecular complexity index is 732. The number of hydrogen-bond acceptors (Lipinski definition) is 3. The molecule has 1 aromatic rings. The quantitative estimate of drug-likeness (QED) is 0.795. The van der Waals surface area contributed by atoms with Crippen LogP contribution in [0.15, 0.2) is 24.3 Å². The van der Waals surface area contributed by atoms with Crippen molar-refractivity contribution >= 4 is 11.8 Å². The van der Waals surface area contributed by atoms with Gasteiger partial charge in [0.2, 0.25) is 11.8 Å². The van der Waals surface area contributed by atoms with Gasteiger partial charge in [0.25, 0.3) is 0 Å². The highest BCUT2D eigenvalue weighted by Crippen LogP contribution is 2.24. The zero-order valence-corrected chi connectivity index (χ0v) is 19.2. The molecule has 0 aromatic heterocycles. The maximum Gasteiger partial charge on any atom is 0.227 e. The number of carbonyl (C=O) groups excluding carboxylic acids is 2. The first-order chi connectivity index (χ1) is 14.3. The summed E-state index contributed by atoms with van der Waals surface area (Å²) >= 11 is 0. The Morgan fingerprint density at radius 1 is 1.00 bits per heavy atom. The number of likely N-dealkylation sites (tertiary alicyclic amines) is 2. The molecule has 2 saturated heterocycles. The minimum Gasteiger partial charge on any atom is -0.352 e. The van der Waals surface area contributed by atoms with Crippen molar-refractivity contribution in [3.63, 3.8) is 0 Å². The highest BCUT2D eigenvalue weighted by atomic mass is 16.2. The van der Waals surface area contributed by atoms with Crippen LogP contribution in [0.25, 0.3) is 0 Å². The van der Waals surface area contributed by atoms with Crippen molar-refractivity contribution in [3.05, 3.63) is 35.4 Å². The molecule has 1 unspecified atom stereocenters. The van der Waals surface area contributed by atoms with E-state index in [-0.39, 0.29) is 23.1 Å². The fourth-order valence-corrected chi connectivity index (χ4v) is 4.64. The van der Waals surface area contributed by atoms with Gasteiger partial charge in [-0.05, 0) is 50.3 Å². The summed E-state index contributed by atoms with van der Waals surface area (Å²) in [5.74, 6) is 0.310. The number of carbonyl (C=O) groups is 2. The van der Waals surface area contributed by atoms with Crippen LogP contribution in [-0.4, -0.2) is 47.3 Å². The number of amides is 2. The lowest BCUT2D eigenvalue weighted by Crippen LogP contribution is -2.46. The van der Waals surface area contributed by atoms with Crippen LogP contribution in [0.5, 0.6) is 0 Å². The Morgan fingerprint density at radius 3 is 2.30 bits per heavy atom. The summed E-state index contributed by atoms with van der Waals surface area (Å²) in [6, 6.07) is 9.11. The summed E-state index contributed by atoms with van der Waals surface area (Å²) in [5, 5.41) is 3.17. The molecule has 0 aliphatic carbocycles. The third-order valence-electron chi connectivity index (χ3n) is 6.68. The lowest BCUT2D eigenvalue weighted by Gasteiger charge is -2.35. The normalized spacial score (nSPS) is 21.5. The number of piperidine rings is 2. The van der Waals surface area contributed by atoms with Crippen LogP contribution < -0.4 is 5.32 Å². The van der Waals surface area contributed by atoms with E-state index in [1.54, 1.807) is 0 Å². The van der Waals surface area contributed by atoms with Gasteiger partial charge < -0.3 is 10.2 Å². The van der Waals surface area contributed by atoms with Crippen LogP contribution in [0.4, 0.5) is 0 Å². The maximum absolute atomic E-state index is 12.8. The van der Waals surface area contributed by atoms with E-state index < -0.39 is 0 Å². The van der Waals surface area contributed by atoms with Gasteiger partial charge in [0.05, 0.1) is 0 Å². The van der Waals surface area contributed by atoms with Crippen LogP contribution in [0.1, 0.15) is 70.9 Å². The van der Waals surface area contributed by atoms with E-state index >= 15 is 0 Å². The van der Waals surface area contributed by atoms with Crippen molar-refractivity contribution < 1.29 is 9.59 Å². The van der Waals surface area contributed by atoms with Crippen molar-refractivity contribution in [1.29, 1.82) is 0 Å². The van der Waals surface area contributed by atoms with Gasteiger partial charge in [-0.2, -0.15) is 0 Å². The first kappa shape index (κ1) is 22.8. The van der Waals surface area contributed by atoms with E-state index in [0.717, 1.165) is 25.9 Å². The highest BCUT2D eigenvalue weighted by molar-refractivity contribution is 5.82. The van der Waals surface area contributed by atoms with Gasteiger partial charge in [0.1, 0.15) is 0 Å². The summed E-state index contributed by atoms with van der Waals surface area (Å²) in [6.07, 6.45) is 5.38. The third-order valence-corrected chi connectivity index (χ3v) is 6.68. The SMILES string of the molecule is CC1CCCCN1Cc1ccccc1CNC(=O)C1CCN(C(=O)C(C)(C)C)CC1. The van der Waals surface area contributed by atoms with Gasteiger partial charge in [0, 0.05) is 43.6 Å². The molecule has 5 nitrogen and oxygen atoms in total. The van der Waals surface area contributed by atoms with Gasteiger partial charge in [-0.3, -0.25) is 14.5 Å². The molecule has 0 spiro atoms. The van der Waals surface area contributed by atoms with Gasteiger partial charge in [-0.1, -0.05) is 51.5 Å². The van der Waals surface area contributed by atoms with Crippen LogP contribution in [0.3, 0.4) is 0 Å². The molecule has 30 heavy (non-hydrogen) atoms. The minimum absolute atomic E-state index is 0.00305. The second-order valence-electron chi connectivity index (χ2n) is 10.1. The van der Waals surface area contributed by atoms with Crippen LogP contribution >= 0.6 is 0 Å². The molecule has 1 N–H and O–H groups in total. The minimum atomic E-state index is -0.356. The molecule has 2 aliphatic rings. The molecular weight excluding hydrogens is 374 g/mol. The number of rotatable bonds is 5. The van der Waals surface area contributed by atoms with Crippen LogP contribution in [0, 0.1) is 11.3 Å². The Labute approximate surface area is 182 Å². The Hall–Kier alpha value is -1.88. The molecule has 0 bridgehead atoms. The smallest absolute Gasteiger partial charge is 0.227 e. The van der Waals surface area contributed by atoms with Gasteiger partial charge in [-0.25, -0.2) is 0 Å². The van der Waals surface area contributed by atoms with Crippen molar-refractivity contribution in [2.24, 2.45) is 11.3 Å². The molecule has 0 radical (unpaired) electrons. The second-order valence-corrected chi connectivity index (χ2v) is 10.1. The zero-order valence-electron chi connectivity index (χ0n) is 19.2.